The van der Waals surface area contributed by atoms with E-state index in [0.29, 0.717) is 12.6 Å². The maximum absolute atomic E-state index is 5.78. The van der Waals surface area contributed by atoms with Gasteiger partial charge in [-0.2, -0.15) is 0 Å². The molecule has 3 heteroatoms. The van der Waals surface area contributed by atoms with Gasteiger partial charge in [0.15, 0.2) is 0 Å². The first-order valence-corrected chi connectivity index (χ1v) is 6.52. The van der Waals surface area contributed by atoms with Crippen LogP contribution in [0, 0.1) is 6.92 Å². The number of hydrogen-bond donors (Lipinski definition) is 1. The van der Waals surface area contributed by atoms with Crippen molar-refractivity contribution in [2.75, 3.05) is 6.61 Å². The molecular formula is C15H24N2O. The van der Waals surface area contributed by atoms with Crippen molar-refractivity contribution < 1.29 is 4.74 Å². The summed E-state index contributed by atoms with van der Waals surface area (Å²) in [5, 5.41) is 3.37. The number of hydrogen-bond acceptors (Lipinski definition) is 3. The van der Waals surface area contributed by atoms with Crippen LogP contribution in [0.3, 0.4) is 0 Å². The molecule has 0 amide bonds. The Morgan fingerprint density at radius 1 is 1.44 bits per heavy atom. The van der Waals surface area contributed by atoms with E-state index in [1.165, 1.54) is 0 Å². The summed E-state index contributed by atoms with van der Waals surface area (Å²) >= 11 is 0. The van der Waals surface area contributed by atoms with Gasteiger partial charge in [0.1, 0.15) is 12.4 Å². The molecule has 0 aliphatic carbocycles. The number of rotatable bonds is 7. The van der Waals surface area contributed by atoms with E-state index in [4.69, 9.17) is 4.74 Å². The van der Waals surface area contributed by atoms with Crippen LogP contribution >= 0.6 is 0 Å². The fraction of sp³-hybridized carbons (Fsp3) is 0.533. The quantitative estimate of drug-likeness (QED) is 0.752. The Kier molecular flexibility index (Phi) is 5.86. The summed E-state index contributed by atoms with van der Waals surface area (Å²) < 4.78 is 5.78. The van der Waals surface area contributed by atoms with Gasteiger partial charge in [0.05, 0.1) is 5.69 Å². The molecule has 1 aromatic rings. The van der Waals surface area contributed by atoms with Gasteiger partial charge in [0.25, 0.3) is 0 Å². The van der Waals surface area contributed by atoms with Crippen molar-refractivity contribution in [1.82, 2.24) is 10.3 Å². The highest BCUT2D eigenvalue weighted by atomic mass is 16.5. The maximum atomic E-state index is 5.78. The van der Waals surface area contributed by atoms with E-state index in [-0.39, 0.29) is 0 Å². The molecule has 3 nitrogen and oxygen atoms in total. The summed E-state index contributed by atoms with van der Waals surface area (Å²) in [7, 11) is 0. The lowest BCUT2D eigenvalue weighted by Gasteiger charge is -2.14. The monoisotopic (exact) mass is 248 g/mol. The largest absolute Gasteiger partial charge is 0.487 e. The Morgan fingerprint density at radius 2 is 2.17 bits per heavy atom. The molecule has 0 saturated heterocycles. The van der Waals surface area contributed by atoms with Crippen molar-refractivity contribution in [2.45, 2.75) is 46.7 Å². The van der Waals surface area contributed by atoms with Crippen LogP contribution in [0.25, 0.3) is 0 Å². The van der Waals surface area contributed by atoms with Crippen molar-refractivity contribution in [2.24, 2.45) is 0 Å². The standard InChI is InChI=1S/C15H24N2O/c1-6-12(4)10-18-15-8-7-13(5)17-14(15)9-16-11(2)3/h7-8,11,16H,4,6,9-10H2,1-3,5H3. The number of ether oxygens (including phenoxy) is 1. The van der Waals surface area contributed by atoms with E-state index in [9.17, 15) is 0 Å². The van der Waals surface area contributed by atoms with Gasteiger partial charge in [0, 0.05) is 18.3 Å². The van der Waals surface area contributed by atoms with Crippen LogP contribution in [-0.4, -0.2) is 17.6 Å². The summed E-state index contributed by atoms with van der Waals surface area (Å²) in [5.74, 6) is 0.850. The molecule has 1 N–H and O–H groups in total. The van der Waals surface area contributed by atoms with Crippen LogP contribution in [0.2, 0.25) is 0 Å². The van der Waals surface area contributed by atoms with Crippen LogP contribution in [-0.2, 0) is 6.54 Å². The Bertz CT molecular complexity index is 399. The minimum absolute atomic E-state index is 0.436. The van der Waals surface area contributed by atoms with Gasteiger partial charge in [-0.05, 0) is 31.1 Å². The predicted molar refractivity (Wildman–Crippen MR) is 75.9 cm³/mol. The Labute approximate surface area is 110 Å². The second-order valence-corrected chi connectivity index (χ2v) is 4.83. The molecule has 0 bridgehead atoms. The second-order valence-electron chi connectivity index (χ2n) is 4.83. The number of aryl methyl sites for hydroxylation is 1. The van der Waals surface area contributed by atoms with Crippen LogP contribution in [0.4, 0.5) is 0 Å². The topological polar surface area (TPSA) is 34.1 Å². The zero-order valence-electron chi connectivity index (χ0n) is 11.9. The first-order chi connectivity index (χ1) is 8.52. The summed E-state index contributed by atoms with van der Waals surface area (Å²) in [4.78, 5) is 4.53. The highest BCUT2D eigenvalue weighted by Crippen LogP contribution is 2.18. The lowest BCUT2D eigenvalue weighted by molar-refractivity contribution is 0.341. The third-order valence-corrected chi connectivity index (χ3v) is 2.68. The molecule has 0 radical (unpaired) electrons. The summed E-state index contributed by atoms with van der Waals surface area (Å²) in [5.41, 5.74) is 3.07. The van der Waals surface area contributed by atoms with E-state index in [1.807, 2.05) is 19.1 Å². The van der Waals surface area contributed by atoms with E-state index < -0.39 is 0 Å². The van der Waals surface area contributed by atoms with E-state index in [1.54, 1.807) is 0 Å². The molecule has 0 aliphatic heterocycles. The van der Waals surface area contributed by atoms with Gasteiger partial charge >= 0.3 is 0 Å². The number of nitrogens with zero attached hydrogens (tertiary/aromatic N) is 1. The SMILES string of the molecule is C=C(CC)COc1ccc(C)nc1CNC(C)C. The van der Waals surface area contributed by atoms with Crippen LogP contribution in [0.1, 0.15) is 38.6 Å². The highest BCUT2D eigenvalue weighted by molar-refractivity contribution is 5.29. The minimum Gasteiger partial charge on any atom is -0.487 e. The van der Waals surface area contributed by atoms with Gasteiger partial charge in [0.2, 0.25) is 0 Å². The normalized spacial score (nSPS) is 10.7. The molecule has 1 heterocycles. The molecule has 0 saturated carbocycles. The lowest BCUT2D eigenvalue weighted by atomic mass is 10.2. The number of nitrogens with one attached hydrogen (secondary N) is 1. The molecule has 0 unspecified atom stereocenters. The van der Waals surface area contributed by atoms with Gasteiger partial charge < -0.3 is 10.1 Å². The lowest BCUT2D eigenvalue weighted by Crippen LogP contribution is -2.23. The molecule has 100 valence electrons. The highest BCUT2D eigenvalue weighted by Gasteiger charge is 2.07. The Hall–Kier alpha value is -1.35. The number of aromatic nitrogens is 1. The van der Waals surface area contributed by atoms with E-state index in [2.05, 4.69) is 37.7 Å². The predicted octanol–water partition coefficient (Wildman–Crippen LogP) is 3.23. The minimum atomic E-state index is 0.436. The van der Waals surface area contributed by atoms with Gasteiger partial charge in [-0.15, -0.1) is 0 Å². The van der Waals surface area contributed by atoms with Crippen molar-refractivity contribution in [3.63, 3.8) is 0 Å². The zero-order chi connectivity index (χ0) is 13.5. The molecule has 18 heavy (non-hydrogen) atoms. The molecule has 1 rings (SSSR count). The van der Waals surface area contributed by atoms with Gasteiger partial charge in [-0.25, -0.2) is 0 Å². The Morgan fingerprint density at radius 3 is 2.78 bits per heavy atom. The zero-order valence-corrected chi connectivity index (χ0v) is 11.9. The van der Waals surface area contributed by atoms with Crippen LogP contribution in [0.15, 0.2) is 24.3 Å². The summed E-state index contributed by atoms with van der Waals surface area (Å²) in [6.07, 6.45) is 0.943. The van der Waals surface area contributed by atoms with Crippen LogP contribution in [0.5, 0.6) is 5.75 Å². The molecule has 0 fully saturated rings. The first kappa shape index (κ1) is 14.7. The third kappa shape index (κ3) is 4.88. The molecule has 0 aliphatic rings. The molecule has 1 aromatic heterocycles. The summed E-state index contributed by atoms with van der Waals surface area (Å²) in [6, 6.07) is 4.40. The van der Waals surface area contributed by atoms with Crippen molar-refractivity contribution in [3.8, 4) is 5.75 Å². The molecule has 0 aromatic carbocycles. The fourth-order valence-electron chi connectivity index (χ4n) is 1.44. The average molecular weight is 248 g/mol. The first-order valence-electron chi connectivity index (χ1n) is 6.52. The average Bonchev–Trinajstić information content (AvgIpc) is 2.34. The van der Waals surface area contributed by atoms with Crippen molar-refractivity contribution in [1.29, 1.82) is 0 Å². The summed E-state index contributed by atoms with van der Waals surface area (Å²) in [6.45, 7) is 13.6. The Balaban J connectivity index is 2.72. The molecule has 0 atom stereocenters. The number of pyridine rings is 1. The third-order valence-electron chi connectivity index (χ3n) is 2.68. The maximum Gasteiger partial charge on any atom is 0.142 e. The van der Waals surface area contributed by atoms with Crippen molar-refractivity contribution >= 4 is 0 Å². The molecular weight excluding hydrogens is 224 g/mol. The van der Waals surface area contributed by atoms with E-state index in [0.717, 1.165) is 35.7 Å². The molecule has 0 spiro atoms. The smallest absolute Gasteiger partial charge is 0.142 e. The van der Waals surface area contributed by atoms with Gasteiger partial charge in [-0.1, -0.05) is 27.4 Å². The van der Waals surface area contributed by atoms with Crippen LogP contribution < -0.4 is 10.1 Å². The van der Waals surface area contributed by atoms with E-state index >= 15 is 0 Å². The fourth-order valence-corrected chi connectivity index (χ4v) is 1.44. The second kappa shape index (κ2) is 7.17. The van der Waals surface area contributed by atoms with Gasteiger partial charge in [-0.3, -0.25) is 4.98 Å². The van der Waals surface area contributed by atoms with Crippen molar-refractivity contribution in [3.05, 3.63) is 35.7 Å².